The van der Waals surface area contributed by atoms with Crippen LogP contribution in [0.3, 0.4) is 0 Å². The number of hydrogen-bond donors (Lipinski definition) is 2. The van der Waals surface area contributed by atoms with E-state index in [2.05, 4.69) is 0 Å². The molecule has 14 rings (SSSR count). The number of ether oxygens (including phenoxy) is 6. The average molecular weight is 1500 g/mol. The summed E-state index contributed by atoms with van der Waals surface area (Å²) in [5.74, 6) is -6.39. The van der Waals surface area contributed by atoms with E-state index in [4.69, 9.17) is 28.4 Å². The Kier molecular flexibility index (Phi) is 18.5. The lowest BCUT2D eigenvalue weighted by atomic mass is 9.67. The Morgan fingerprint density at radius 3 is 1.31 bits per heavy atom. The fourth-order valence-corrected chi connectivity index (χ4v) is 19.1. The second-order valence-corrected chi connectivity index (χ2v) is 35.0. The molecule has 0 unspecified atom stereocenters. The summed E-state index contributed by atoms with van der Waals surface area (Å²) in [5.41, 5.74) is -9.94. The first-order valence-corrected chi connectivity index (χ1v) is 37.3. The number of anilines is 2. The molecule has 4 saturated heterocycles. The van der Waals surface area contributed by atoms with Crippen molar-refractivity contribution in [3.8, 4) is 0 Å². The SMILES string of the molecule is C.CN1C(=O)[C@@]2(O)[C@@H](OC(=O)OC(C)(C)C)[C@]3(C4=CCc5ccccc54)c4ccccc4N(S(=O)(=O)c4ccccc4)[C@@H]3N2C(=O)[C@H]1O.CN1C(=O)[C@@]2(OC(=O)C(C)(C)C)[C@@H](OC(=O)OC(C)(C)C)[C@]3(C4=CCc5ccccc54)c4ccccc4N(S(=O)(=O)c4ccccc4)[C@@H]3N2C(=O)[C@H]1OC(=O)C(C)(C)C. The molecule has 4 fully saturated rings. The monoisotopic (exact) mass is 1500 g/mol. The minimum absolute atomic E-state index is 0. The van der Waals surface area contributed by atoms with E-state index in [1.165, 1.54) is 52.1 Å². The Balaban J connectivity index is 0.000000203. The van der Waals surface area contributed by atoms with Gasteiger partial charge in [0.15, 0.2) is 12.2 Å². The van der Waals surface area contributed by atoms with Gasteiger partial charge in [0.25, 0.3) is 55.6 Å². The highest BCUT2D eigenvalue weighted by Crippen LogP contribution is 2.69. The molecular weight excluding hydrogens is 1420 g/mol. The second kappa shape index (κ2) is 25.9. The molecule has 10 atom stereocenters. The number of likely N-dealkylation sites (N-methyl/N-ethyl adjacent to an activating group) is 2. The molecule has 0 aromatic heterocycles. The van der Waals surface area contributed by atoms with Gasteiger partial charge in [0, 0.05) is 14.1 Å². The molecule has 564 valence electrons. The summed E-state index contributed by atoms with van der Waals surface area (Å²) in [5, 5.41) is 23.8. The maximum absolute atomic E-state index is 15.7. The molecule has 2 N–H and O–H groups in total. The van der Waals surface area contributed by atoms with Gasteiger partial charge >= 0.3 is 30.0 Å². The minimum atomic E-state index is -4.72. The third-order valence-electron chi connectivity index (χ3n) is 20.1. The van der Waals surface area contributed by atoms with E-state index in [1.807, 2.05) is 48.6 Å². The molecule has 26 nitrogen and oxygen atoms in total. The van der Waals surface area contributed by atoms with Crippen LogP contribution in [-0.2, 0) is 101 Å². The molecule has 0 spiro atoms. The van der Waals surface area contributed by atoms with Crippen LogP contribution in [0.2, 0.25) is 0 Å². The van der Waals surface area contributed by atoms with Gasteiger partial charge in [0.05, 0.1) is 32.0 Å². The van der Waals surface area contributed by atoms with Crippen molar-refractivity contribution in [3.05, 3.63) is 203 Å². The van der Waals surface area contributed by atoms with Crippen molar-refractivity contribution in [1.82, 2.24) is 19.6 Å². The maximum atomic E-state index is 15.7. The number of carbonyl (C=O) groups excluding carboxylic acids is 8. The van der Waals surface area contributed by atoms with E-state index < -0.39 is 149 Å². The number of carbonyl (C=O) groups is 8. The molecule has 2 aliphatic carbocycles. The highest BCUT2D eigenvalue weighted by Gasteiger charge is 2.86. The molecule has 0 radical (unpaired) electrons. The number of benzene rings is 6. The third-order valence-corrected chi connectivity index (χ3v) is 23.7. The Hall–Kier alpha value is -10.4. The van der Waals surface area contributed by atoms with Crippen molar-refractivity contribution in [2.75, 3.05) is 22.7 Å². The molecule has 8 aliphatic rings. The molecule has 6 aromatic carbocycles. The zero-order valence-corrected chi connectivity index (χ0v) is 62.4. The molecule has 4 amide bonds. The summed E-state index contributed by atoms with van der Waals surface area (Å²) in [4.78, 5) is 118. The zero-order chi connectivity index (χ0) is 76.9. The van der Waals surface area contributed by atoms with Gasteiger partial charge in [-0.3, -0.25) is 43.5 Å². The Morgan fingerprint density at radius 1 is 0.477 bits per heavy atom. The van der Waals surface area contributed by atoms with Crippen LogP contribution in [0.1, 0.15) is 124 Å². The van der Waals surface area contributed by atoms with Gasteiger partial charge in [0.1, 0.15) is 34.4 Å². The molecule has 0 saturated carbocycles. The zero-order valence-electron chi connectivity index (χ0n) is 60.8. The van der Waals surface area contributed by atoms with Crippen LogP contribution in [-0.4, -0.2) is 168 Å². The Morgan fingerprint density at radius 2 is 0.869 bits per heavy atom. The number of hydrogen-bond acceptors (Lipinski definition) is 20. The number of rotatable bonds is 10. The summed E-state index contributed by atoms with van der Waals surface area (Å²) in [6, 6.07) is 42.7. The standard InChI is InChI=1S/C44H49N3O11S.C34H33N3O9S.CH4/c1-40(2,3)37(50)55-33-32(48)46-35-43(29-25-24-26-18-14-15-21-28(26)29,30-22-16-17-23-31(30)47(35)59(53,54)27-19-12-11-13-20-27)34(56-39(52)58-42(7,8)9)44(46,36(49)45(33)10)57-38(51)41(4,5)6;1-32(2,3)46-31(41)45-28-33(23-19-18-20-12-8-9-15-22(20)23)24-16-10-11-17-25(24)37(47(43,44)21-13-6-5-7-14-21)29(33)36-27(39)26(38)35(4)30(40)34(28,36)42;/h11-23,25,33-35H,24H2,1-10H3;5-17,19,26,28-29,38,42H,18H2,1-4H3;1H4/t33-,34+,35+,43+,44+;26-,28+,29+,33+,34+;/m11./s1. The fourth-order valence-electron chi connectivity index (χ4n) is 15.7. The van der Waals surface area contributed by atoms with Crippen molar-refractivity contribution in [2.24, 2.45) is 10.8 Å². The van der Waals surface area contributed by atoms with Crippen LogP contribution in [0.25, 0.3) is 11.1 Å². The molecular formula is C79H86N6O20S2. The largest absolute Gasteiger partial charge is 0.509 e. The molecule has 28 heteroatoms. The van der Waals surface area contributed by atoms with E-state index >= 15 is 18.0 Å². The summed E-state index contributed by atoms with van der Waals surface area (Å²) >= 11 is 0. The van der Waals surface area contributed by atoms with Gasteiger partial charge < -0.3 is 43.5 Å². The predicted octanol–water partition coefficient (Wildman–Crippen LogP) is 9.31. The number of fused-ring (bicyclic) bond motifs is 12. The molecule has 6 heterocycles. The van der Waals surface area contributed by atoms with E-state index in [1.54, 1.807) is 159 Å². The van der Waals surface area contributed by atoms with Crippen LogP contribution >= 0.6 is 0 Å². The van der Waals surface area contributed by atoms with Gasteiger partial charge in [-0.05, 0) is 177 Å². The van der Waals surface area contributed by atoms with Crippen LogP contribution < -0.4 is 8.61 Å². The number of aliphatic hydroxyl groups is 2. The fraction of sp³-hybridized carbons (Fsp3) is 0.392. The van der Waals surface area contributed by atoms with Crippen molar-refractivity contribution < 1.29 is 93.8 Å². The highest BCUT2D eigenvalue weighted by atomic mass is 32.2. The molecule has 6 aliphatic heterocycles. The first-order valence-electron chi connectivity index (χ1n) is 34.4. The smallest absolute Gasteiger partial charge is 0.431 e. The van der Waals surface area contributed by atoms with Gasteiger partial charge in [-0.25, -0.2) is 35.0 Å². The first kappa shape index (κ1) is 76.2. The van der Waals surface area contributed by atoms with Crippen molar-refractivity contribution in [2.45, 2.75) is 184 Å². The molecule has 6 aromatic rings. The average Bonchev–Trinajstić information content (AvgIpc) is 1.48. The summed E-state index contributed by atoms with van der Waals surface area (Å²) in [6.07, 6.45) is -9.69. The van der Waals surface area contributed by atoms with Gasteiger partial charge in [-0.2, -0.15) is 0 Å². The van der Waals surface area contributed by atoms with Gasteiger partial charge in [-0.1, -0.05) is 141 Å². The maximum Gasteiger partial charge on any atom is 0.509 e. The lowest BCUT2D eigenvalue weighted by Crippen LogP contribution is -2.76. The van der Waals surface area contributed by atoms with Crippen LogP contribution in [0.4, 0.5) is 21.0 Å². The van der Waals surface area contributed by atoms with Crippen molar-refractivity contribution >= 4 is 90.4 Å². The first-order chi connectivity index (χ1) is 49.6. The summed E-state index contributed by atoms with van der Waals surface area (Å²) in [7, 11) is -6.95. The number of piperazine rings is 2. The number of para-hydroxylation sites is 2. The third kappa shape index (κ3) is 11.4. The number of amides is 4. The van der Waals surface area contributed by atoms with E-state index in [9.17, 15) is 47.4 Å². The van der Waals surface area contributed by atoms with E-state index in [0.717, 1.165) is 36.6 Å². The highest BCUT2D eigenvalue weighted by molar-refractivity contribution is 7.93. The van der Waals surface area contributed by atoms with Crippen molar-refractivity contribution in [3.63, 3.8) is 0 Å². The second-order valence-electron chi connectivity index (χ2n) is 31.3. The van der Waals surface area contributed by atoms with Crippen LogP contribution in [0.5, 0.6) is 0 Å². The number of sulfonamides is 2. The quantitative estimate of drug-likeness (QED) is 0.0952. The number of aliphatic hydroxyl groups excluding tert-OH is 1. The number of allylic oxidation sites excluding steroid dienone is 2. The lowest BCUT2D eigenvalue weighted by Gasteiger charge is -2.49. The Labute approximate surface area is 621 Å². The van der Waals surface area contributed by atoms with Crippen LogP contribution in [0, 0.1) is 10.8 Å². The van der Waals surface area contributed by atoms with Crippen molar-refractivity contribution in [1.29, 1.82) is 0 Å². The summed E-state index contributed by atoms with van der Waals surface area (Å²) < 4.78 is 98.3. The van der Waals surface area contributed by atoms with Gasteiger partial charge in [-0.15, -0.1) is 0 Å². The molecule has 0 bridgehead atoms. The Bertz CT molecular complexity index is 5000. The van der Waals surface area contributed by atoms with E-state index in [0.29, 0.717) is 44.9 Å². The van der Waals surface area contributed by atoms with Crippen LogP contribution in [0.15, 0.2) is 180 Å². The topological polar surface area (TPSA) is 320 Å². The van der Waals surface area contributed by atoms with Gasteiger partial charge in [0.2, 0.25) is 6.23 Å². The normalized spacial score (nSPS) is 26.1. The summed E-state index contributed by atoms with van der Waals surface area (Å²) in [6.45, 7) is 19.0. The number of esters is 2. The lowest BCUT2D eigenvalue weighted by molar-refractivity contribution is -0.239. The number of nitrogens with zero attached hydrogens (tertiary/aromatic N) is 6. The predicted molar refractivity (Wildman–Crippen MR) is 389 cm³/mol. The van der Waals surface area contributed by atoms with E-state index in [-0.39, 0.29) is 39.7 Å². The minimum Gasteiger partial charge on any atom is -0.431 e. The molecule has 107 heavy (non-hydrogen) atoms.